The average molecular weight is 401 g/mol. The molecule has 8 heteroatoms. The maximum absolute atomic E-state index is 14.3. The molecule has 0 radical (unpaired) electrons. The largest absolute Gasteiger partial charge is 0.338 e. The molecule has 1 aliphatic rings. The smallest absolute Gasteiger partial charge is 0.336 e. The number of fused-ring (bicyclic) bond motifs is 1. The Bertz CT molecular complexity index is 1160. The Morgan fingerprint density at radius 1 is 1.21 bits per heavy atom. The number of carbonyl (C=O) groups is 1. The van der Waals surface area contributed by atoms with Crippen molar-refractivity contribution in [3.05, 3.63) is 62.4 Å². The summed E-state index contributed by atoms with van der Waals surface area (Å²) in [5.74, 6) is -0.833. The third-order valence-corrected chi connectivity index (χ3v) is 6.16. The van der Waals surface area contributed by atoms with E-state index in [1.807, 2.05) is 6.92 Å². The van der Waals surface area contributed by atoms with Crippen molar-refractivity contribution in [3.63, 3.8) is 0 Å². The van der Waals surface area contributed by atoms with Gasteiger partial charge in [0, 0.05) is 12.6 Å². The van der Waals surface area contributed by atoms with Crippen LogP contribution in [0.3, 0.4) is 0 Å². The molecule has 28 heavy (non-hydrogen) atoms. The SMILES string of the molecule is C[C@@H]1CCCCN1C(=O)Cn1c(=O)n(-c2ccccc2F)c(=O)c2sccc21. The lowest BCUT2D eigenvalue weighted by atomic mass is 10.0. The second-order valence-corrected chi connectivity index (χ2v) is 7.94. The van der Waals surface area contributed by atoms with Crippen LogP contribution in [-0.2, 0) is 11.3 Å². The number of halogens is 1. The van der Waals surface area contributed by atoms with Gasteiger partial charge in [-0.1, -0.05) is 12.1 Å². The van der Waals surface area contributed by atoms with Crippen molar-refractivity contribution < 1.29 is 9.18 Å². The van der Waals surface area contributed by atoms with Gasteiger partial charge >= 0.3 is 5.69 Å². The first kappa shape index (κ1) is 18.6. The molecule has 1 aliphatic heterocycles. The van der Waals surface area contributed by atoms with E-state index in [4.69, 9.17) is 0 Å². The Balaban J connectivity index is 1.86. The van der Waals surface area contributed by atoms with E-state index in [0.717, 1.165) is 23.8 Å². The number of likely N-dealkylation sites (tertiary alicyclic amines) is 1. The second kappa shape index (κ2) is 7.35. The average Bonchev–Trinajstić information content (AvgIpc) is 3.17. The van der Waals surface area contributed by atoms with Crippen LogP contribution < -0.4 is 11.2 Å². The zero-order valence-corrected chi connectivity index (χ0v) is 16.2. The fourth-order valence-corrected chi connectivity index (χ4v) is 4.60. The van der Waals surface area contributed by atoms with Gasteiger partial charge in [0.25, 0.3) is 5.56 Å². The zero-order valence-electron chi connectivity index (χ0n) is 15.4. The highest BCUT2D eigenvalue weighted by Gasteiger charge is 2.25. The Morgan fingerprint density at radius 3 is 2.75 bits per heavy atom. The minimum absolute atomic E-state index is 0.111. The molecule has 3 heterocycles. The molecule has 1 aromatic carbocycles. The molecular formula is C20H20FN3O3S. The van der Waals surface area contributed by atoms with E-state index in [2.05, 4.69) is 0 Å². The zero-order chi connectivity index (χ0) is 19.8. The third-order valence-electron chi connectivity index (χ3n) is 5.26. The van der Waals surface area contributed by atoms with Gasteiger partial charge in [0.05, 0.1) is 11.2 Å². The van der Waals surface area contributed by atoms with Crippen LogP contribution in [0, 0.1) is 5.82 Å². The van der Waals surface area contributed by atoms with E-state index in [9.17, 15) is 18.8 Å². The molecule has 0 bridgehead atoms. The number of thiophene rings is 1. The summed E-state index contributed by atoms with van der Waals surface area (Å²) in [4.78, 5) is 40.7. The highest BCUT2D eigenvalue weighted by Crippen LogP contribution is 2.20. The molecule has 4 rings (SSSR count). The van der Waals surface area contributed by atoms with Gasteiger partial charge < -0.3 is 4.90 Å². The van der Waals surface area contributed by atoms with Crippen molar-refractivity contribution in [2.75, 3.05) is 6.54 Å². The minimum atomic E-state index is -0.709. The topological polar surface area (TPSA) is 64.3 Å². The van der Waals surface area contributed by atoms with Crippen LogP contribution in [-0.4, -0.2) is 32.5 Å². The van der Waals surface area contributed by atoms with Gasteiger partial charge in [0.2, 0.25) is 5.91 Å². The number of aromatic nitrogens is 2. The Labute approximate surface area is 164 Å². The number of benzene rings is 1. The van der Waals surface area contributed by atoms with Crippen LogP contribution in [0.2, 0.25) is 0 Å². The van der Waals surface area contributed by atoms with Gasteiger partial charge in [0.15, 0.2) is 0 Å². The summed E-state index contributed by atoms with van der Waals surface area (Å²) in [7, 11) is 0. The molecule has 1 fully saturated rings. The second-order valence-electron chi connectivity index (χ2n) is 7.03. The first-order valence-electron chi connectivity index (χ1n) is 9.26. The highest BCUT2D eigenvalue weighted by atomic mass is 32.1. The first-order chi connectivity index (χ1) is 13.5. The van der Waals surface area contributed by atoms with Gasteiger partial charge in [-0.25, -0.2) is 13.8 Å². The molecule has 0 unspecified atom stereocenters. The maximum Gasteiger partial charge on any atom is 0.336 e. The molecule has 0 N–H and O–H groups in total. The van der Waals surface area contributed by atoms with E-state index in [1.165, 1.54) is 34.1 Å². The summed E-state index contributed by atoms with van der Waals surface area (Å²) in [5, 5.41) is 1.70. The van der Waals surface area contributed by atoms with Crippen LogP contribution in [0.15, 0.2) is 45.3 Å². The van der Waals surface area contributed by atoms with Crippen molar-refractivity contribution >= 4 is 27.5 Å². The van der Waals surface area contributed by atoms with Crippen LogP contribution in [0.5, 0.6) is 0 Å². The van der Waals surface area contributed by atoms with Gasteiger partial charge in [-0.15, -0.1) is 11.3 Å². The minimum Gasteiger partial charge on any atom is -0.338 e. The molecule has 3 aromatic rings. The number of hydrogen-bond acceptors (Lipinski definition) is 4. The molecular weight excluding hydrogens is 381 g/mol. The van der Waals surface area contributed by atoms with Crippen molar-refractivity contribution in [1.82, 2.24) is 14.0 Å². The standard InChI is InChI=1S/C20H20FN3O3S/c1-13-6-4-5-10-22(13)17(25)12-23-16-9-11-28-18(16)19(26)24(20(23)27)15-8-3-2-7-14(15)21/h2-3,7-9,11,13H,4-6,10,12H2,1H3/t13-/m1/s1. The predicted octanol–water partition coefficient (Wildman–Crippen LogP) is 2.75. The van der Waals surface area contributed by atoms with E-state index in [-0.39, 0.29) is 24.2 Å². The molecule has 146 valence electrons. The number of carbonyl (C=O) groups excluding carboxylic acids is 1. The summed E-state index contributed by atoms with van der Waals surface area (Å²) in [6.45, 7) is 2.49. The molecule has 0 saturated carbocycles. The maximum atomic E-state index is 14.3. The molecule has 1 saturated heterocycles. The fourth-order valence-electron chi connectivity index (χ4n) is 3.78. The Hall–Kier alpha value is -2.74. The Morgan fingerprint density at radius 2 is 2.00 bits per heavy atom. The summed E-state index contributed by atoms with van der Waals surface area (Å²) >= 11 is 1.17. The summed E-state index contributed by atoms with van der Waals surface area (Å²) in [5.41, 5.74) is -0.986. The number of nitrogens with zero attached hydrogens (tertiary/aromatic N) is 3. The van der Waals surface area contributed by atoms with Crippen molar-refractivity contribution in [1.29, 1.82) is 0 Å². The van der Waals surface area contributed by atoms with Gasteiger partial charge in [-0.3, -0.25) is 14.2 Å². The highest BCUT2D eigenvalue weighted by molar-refractivity contribution is 7.17. The lowest BCUT2D eigenvalue weighted by molar-refractivity contribution is -0.135. The molecule has 2 aromatic heterocycles. The van der Waals surface area contributed by atoms with Crippen LogP contribution in [0.4, 0.5) is 4.39 Å². The van der Waals surface area contributed by atoms with Crippen molar-refractivity contribution in [2.24, 2.45) is 0 Å². The molecule has 1 amide bonds. The number of para-hydroxylation sites is 1. The summed E-state index contributed by atoms with van der Waals surface area (Å²) in [6, 6.07) is 7.41. The number of rotatable bonds is 3. The van der Waals surface area contributed by atoms with Gasteiger partial charge in [0.1, 0.15) is 17.1 Å². The van der Waals surface area contributed by atoms with Crippen LogP contribution >= 0.6 is 11.3 Å². The number of hydrogen-bond donors (Lipinski definition) is 0. The monoisotopic (exact) mass is 401 g/mol. The lowest BCUT2D eigenvalue weighted by Crippen LogP contribution is -2.46. The molecule has 0 spiro atoms. The normalized spacial score (nSPS) is 17.2. The van der Waals surface area contributed by atoms with Gasteiger partial charge in [-0.2, -0.15) is 0 Å². The van der Waals surface area contributed by atoms with Crippen LogP contribution in [0.25, 0.3) is 15.9 Å². The number of amides is 1. The number of piperidine rings is 1. The quantitative estimate of drug-likeness (QED) is 0.678. The molecule has 6 nitrogen and oxygen atoms in total. The van der Waals surface area contributed by atoms with E-state index in [0.29, 0.717) is 16.8 Å². The Kier molecular flexibility index (Phi) is 4.89. The van der Waals surface area contributed by atoms with E-state index >= 15 is 0 Å². The fraction of sp³-hybridized carbons (Fsp3) is 0.350. The third kappa shape index (κ3) is 3.07. The van der Waals surface area contributed by atoms with Gasteiger partial charge in [-0.05, 0) is 49.8 Å². The van der Waals surface area contributed by atoms with E-state index in [1.54, 1.807) is 22.4 Å². The first-order valence-corrected chi connectivity index (χ1v) is 10.1. The van der Waals surface area contributed by atoms with Crippen molar-refractivity contribution in [2.45, 2.75) is 38.8 Å². The van der Waals surface area contributed by atoms with Crippen molar-refractivity contribution in [3.8, 4) is 5.69 Å². The lowest BCUT2D eigenvalue weighted by Gasteiger charge is -2.33. The van der Waals surface area contributed by atoms with Crippen LogP contribution in [0.1, 0.15) is 26.2 Å². The van der Waals surface area contributed by atoms with E-state index < -0.39 is 17.1 Å². The summed E-state index contributed by atoms with van der Waals surface area (Å²) < 4.78 is 16.7. The predicted molar refractivity (Wildman–Crippen MR) is 107 cm³/mol. The molecule has 0 aliphatic carbocycles. The summed E-state index contributed by atoms with van der Waals surface area (Å²) in [6.07, 6.45) is 2.95. The molecule has 1 atom stereocenters.